The Bertz CT molecular complexity index is 1340. The molecule has 3 aliphatic rings. The monoisotopic (exact) mass is 536 g/mol. The summed E-state index contributed by atoms with van der Waals surface area (Å²) in [5, 5.41) is 0. The third-order valence-corrected chi connectivity index (χ3v) is 8.58. The summed E-state index contributed by atoms with van der Waals surface area (Å²) < 4.78 is 50.9. The highest BCUT2D eigenvalue weighted by Gasteiger charge is 2.27. The lowest BCUT2D eigenvalue weighted by Gasteiger charge is -2.33. The van der Waals surface area contributed by atoms with Gasteiger partial charge in [-0.05, 0) is 87.0 Å². The molecule has 3 heterocycles. The normalized spacial score (nSPS) is 18.8. The number of hydrogen-bond acceptors (Lipinski definition) is 5. The van der Waals surface area contributed by atoms with Crippen LogP contribution in [0, 0.1) is 23.4 Å². The lowest BCUT2D eigenvalue weighted by atomic mass is 9.88. The Balaban J connectivity index is 1.25. The average molecular weight is 537 g/mol. The van der Waals surface area contributed by atoms with Crippen molar-refractivity contribution >= 4 is 5.69 Å². The SMILES string of the molecule is CN1CCC(c2ccc(Cc3ncc(F)c(-c4cc(F)c5c(c4)N(CC4CCCC4)CCO5)n3)cc2F)CC1. The van der Waals surface area contributed by atoms with Gasteiger partial charge in [-0.2, -0.15) is 0 Å². The molecule has 2 aliphatic heterocycles. The maximum atomic E-state index is 15.2. The van der Waals surface area contributed by atoms with Gasteiger partial charge in [0.1, 0.15) is 23.9 Å². The largest absolute Gasteiger partial charge is 0.486 e. The molecule has 1 saturated carbocycles. The molecule has 1 saturated heterocycles. The quantitative estimate of drug-likeness (QED) is 0.367. The van der Waals surface area contributed by atoms with Crippen molar-refractivity contribution in [1.82, 2.24) is 14.9 Å². The lowest BCUT2D eigenvalue weighted by molar-refractivity contribution is 0.253. The first-order chi connectivity index (χ1) is 18.9. The molecule has 1 aromatic heterocycles. The Labute approximate surface area is 228 Å². The fourth-order valence-electron chi connectivity index (χ4n) is 6.37. The minimum absolute atomic E-state index is 0.0384. The van der Waals surface area contributed by atoms with Gasteiger partial charge in [-0.3, -0.25) is 0 Å². The van der Waals surface area contributed by atoms with Crippen molar-refractivity contribution in [3.63, 3.8) is 0 Å². The number of rotatable bonds is 6. The van der Waals surface area contributed by atoms with Gasteiger partial charge in [-0.25, -0.2) is 23.1 Å². The van der Waals surface area contributed by atoms with E-state index < -0.39 is 11.6 Å². The van der Waals surface area contributed by atoms with E-state index in [1.54, 1.807) is 6.07 Å². The van der Waals surface area contributed by atoms with Crippen LogP contribution < -0.4 is 9.64 Å². The van der Waals surface area contributed by atoms with Gasteiger partial charge in [0, 0.05) is 18.5 Å². The zero-order chi connectivity index (χ0) is 26.9. The molecule has 0 radical (unpaired) electrons. The third-order valence-electron chi connectivity index (χ3n) is 8.58. The zero-order valence-electron chi connectivity index (χ0n) is 22.4. The topological polar surface area (TPSA) is 41.5 Å². The van der Waals surface area contributed by atoms with Crippen molar-refractivity contribution in [2.24, 2.45) is 5.92 Å². The molecule has 0 amide bonds. The van der Waals surface area contributed by atoms with E-state index in [1.165, 1.54) is 37.8 Å². The van der Waals surface area contributed by atoms with Crippen molar-refractivity contribution in [3.05, 3.63) is 70.9 Å². The van der Waals surface area contributed by atoms with E-state index in [4.69, 9.17) is 4.74 Å². The summed E-state index contributed by atoms with van der Waals surface area (Å²) in [7, 11) is 2.09. The molecule has 5 nitrogen and oxygen atoms in total. The highest BCUT2D eigenvalue weighted by atomic mass is 19.1. The summed E-state index contributed by atoms with van der Waals surface area (Å²) in [6, 6.07) is 8.36. The molecule has 2 aromatic carbocycles. The van der Waals surface area contributed by atoms with Crippen LogP contribution in [-0.4, -0.2) is 54.7 Å². The van der Waals surface area contributed by atoms with Gasteiger partial charge >= 0.3 is 0 Å². The van der Waals surface area contributed by atoms with Crippen molar-refractivity contribution in [1.29, 1.82) is 0 Å². The Hall–Kier alpha value is -3.13. The van der Waals surface area contributed by atoms with Crippen LogP contribution >= 0.6 is 0 Å². The maximum Gasteiger partial charge on any atom is 0.178 e. The maximum absolute atomic E-state index is 15.2. The van der Waals surface area contributed by atoms with E-state index in [1.807, 2.05) is 12.1 Å². The predicted octanol–water partition coefficient (Wildman–Crippen LogP) is 6.35. The molecule has 0 unspecified atom stereocenters. The van der Waals surface area contributed by atoms with Gasteiger partial charge in [0.2, 0.25) is 0 Å². The molecule has 2 fully saturated rings. The van der Waals surface area contributed by atoms with Crippen LogP contribution in [0.2, 0.25) is 0 Å². The minimum Gasteiger partial charge on any atom is -0.486 e. The molecule has 6 rings (SSSR count). The number of piperidine rings is 1. The molecular weight excluding hydrogens is 501 g/mol. The summed E-state index contributed by atoms with van der Waals surface area (Å²) >= 11 is 0. The van der Waals surface area contributed by atoms with E-state index in [-0.39, 0.29) is 29.6 Å². The smallest absolute Gasteiger partial charge is 0.178 e. The Morgan fingerprint density at radius 2 is 1.72 bits per heavy atom. The standard InChI is InChI=1S/C31H35F3N4O/c1-37-10-8-22(9-11-37)24-7-6-21(14-25(24)32)15-29-35-18-27(34)30(36-29)23-16-26(33)31-28(17-23)38(12-13-39-31)19-20-4-2-3-5-20/h6-7,14,16-18,20,22H,2-5,8-13,15,19H2,1H3. The second kappa shape index (κ2) is 11.2. The minimum atomic E-state index is -0.624. The molecule has 8 heteroatoms. The number of likely N-dealkylation sites (tertiary alicyclic amines) is 1. The number of nitrogens with zero attached hydrogens (tertiary/aromatic N) is 4. The molecule has 1 aliphatic carbocycles. The van der Waals surface area contributed by atoms with Crippen molar-refractivity contribution in [3.8, 4) is 17.0 Å². The summed E-state index contributed by atoms with van der Waals surface area (Å²) in [6.45, 7) is 3.87. The van der Waals surface area contributed by atoms with Gasteiger partial charge in [0.05, 0.1) is 18.4 Å². The lowest BCUT2D eigenvalue weighted by Crippen LogP contribution is -2.36. The highest BCUT2D eigenvalue weighted by molar-refractivity contribution is 5.72. The van der Waals surface area contributed by atoms with Crippen LogP contribution in [0.1, 0.15) is 61.4 Å². The highest BCUT2D eigenvalue weighted by Crippen LogP contribution is 2.40. The van der Waals surface area contributed by atoms with Crippen LogP contribution in [-0.2, 0) is 6.42 Å². The number of fused-ring (bicyclic) bond motifs is 1. The molecule has 0 spiro atoms. The molecule has 0 bridgehead atoms. The van der Waals surface area contributed by atoms with E-state index in [9.17, 15) is 4.39 Å². The first-order valence-corrected chi connectivity index (χ1v) is 14.1. The van der Waals surface area contributed by atoms with Crippen molar-refractivity contribution in [2.45, 2.75) is 50.9 Å². The first kappa shape index (κ1) is 26.1. The number of hydrogen-bond donors (Lipinski definition) is 0. The number of aromatic nitrogens is 2. The molecule has 0 N–H and O–H groups in total. The van der Waals surface area contributed by atoms with Gasteiger partial charge < -0.3 is 14.5 Å². The van der Waals surface area contributed by atoms with E-state index in [0.29, 0.717) is 36.1 Å². The van der Waals surface area contributed by atoms with Crippen molar-refractivity contribution in [2.75, 3.05) is 44.7 Å². The number of benzene rings is 2. The Kier molecular flexibility index (Phi) is 7.47. The van der Waals surface area contributed by atoms with E-state index in [0.717, 1.165) is 49.8 Å². The fraction of sp³-hybridized carbons (Fsp3) is 0.484. The second-order valence-corrected chi connectivity index (χ2v) is 11.3. The average Bonchev–Trinajstić information content (AvgIpc) is 3.44. The van der Waals surface area contributed by atoms with Crippen molar-refractivity contribution < 1.29 is 17.9 Å². The first-order valence-electron chi connectivity index (χ1n) is 14.1. The molecule has 3 aromatic rings. The summed E-state index contributed by atoms with van der Waals surface area (Å²) in [6.07, 6.45) is 8.07. The van der Waals surface area contributed by atoms with E-state index >= 15 is 8.78 Å². The predicted molar refractivity (Wildman–Crippen MR) is 146 cm³/mol. The number of halogens is 3. The summed E-state index contributed by atoms with van der Waals surface area (Å²) in [5.41, 5.74) is 2.50. The Morgan fingerprint density at radius 1 is 0.923 bits per heavy atom. The molecule has 206 valence electrons. The van der Waals surface area contributed by atoms with Crippen LogP contribution in [0.25, 0.3) is 11.3 Å². The van der Waals surface area contributed by atoms with Crippen LogP contribution in [0.15, 0.2) is 36.5 Å². The molecule has 0 atom stereocenters. The van der Waals surface area contributed by atoms with Gasteiger partial charge in [-0.1, -0.05) is 25.0 Å². The third kappa shape index (κ3) is 5.62. The Morgan fingerprint density at radius 3 is 2.49 bits per heavy atom. The van der Waals surface area contributed by atoms with Crippen LogP contribution in [0.3, 0.4) is 0 Å². The van der Waals surface area contributed by atoms with Gasteiger partial charge in [0.25, 0.3) is 0 Å². The zero-order valence-corrected chi connectivity index (χ0v) is 22.4. The second-order valence-electron chi connectivity index (χ2n) is 11.3. The van der Waals surface area contributed by atoms with Gasteiger partial charge in [0.15, 0.2) is 17.4 Å². The van der Waals surface area contributed by atoms with Crippen LogP contribution in [0.5, 0.6) is 5.75 Å². The van der Waals surface area contributed by atoms with Gasteiger partial charge in [-0.15, -0.1) is 0 Å². The summed E-state index contributed by atoms with van der Waals surface area (Å²) in [4.78, 5) is 13.1. The van der Waals surface area contributed by atoms with E-state index in [2.05, 4.69) is 26.8 Å². The fourth-order valence-corrected chi connectivity index (χ4v) is 6.37. The number of anilines is 1. The van der Waals surface area contributed by atoms with Crippen LogP contribution in [0.4, 0.5) is 18.9 Å². The summed E-state index contributed by atoms with van der Waals surface area (Å²) in [5.74, 6) is 0.0124. The molecular formula is C31H35F3N4O. The number of ether oxygens (including phenoxy) is 1. The molecule has 39 heavy (non-hydrogen) atoms.